The van der Waals surface area contributed by atoms with Crippen LogP contribution in [0.5, 0.6) is 0 Å². The number of carboxylic acids is 1. The third-order valence-electron chi connectivity index (χ3n) is 3.28. The van der Waals surface area contributed by atoms with Gasteiger partial charge in [-0.25, -0.2) is 8.42 Å². The Morgan fingerprint density at radius 3 is 2.52 bits per heavy atom. The predicted octanol–water partition coefficient (Wildman–Crippen LogP) is 1.08. The number of halogens is 3. The highest BCUT2D eigenvalue weighted by atomic mass is 32.2. The largest absolute Gasteiger partial charge is 0.481 e. The molecule has 0 spiro atoms. The van der Waals surface area contributed by atoms with E-state index in [0.29, 0.717) is 12.8 Å². The molecule has 0 aromatic heterocycles. The van der Waals surface area contributed by atoms with Crippen LogP contribution in [-0.4, -0.2) is 61.5 Å². The molecule has 1 heterocycles. The number of ether oxygens (including phenoxy) is 1. The van der Waals surface area contributed by atoms with Gasteiger partial charge in [0.1, 0.15) is 6.61 Å². The van der Waals surface area contributed by atoms with Crippen LogP contribution in [0.2, 0.25) is 0 Å². The van der Waals surface area contributed by atoms with E-state index in [2.05, 4.69) is 4.74 Å². The van der Waals surface area contributed by atoms with Gasteiger partial charge in [-0.1, -0.05) is 0 Å². The summed E-state index contributed by atoms with van der Waals surface area (Å²) in [4.78, 5) is 10.9. The molecule has 0 aromatic rings. The van der Waals surface area contributed by atoms with E-state index in [4.69, 9.17) is 5.11 Å². The molecule has 21 heavy (non-hydrogen) atoms. The second-order valence-electron chi connectivity index (χ2n) is 5.01. The maximum atomic E-state index is 12.1. The Labute approximate surface area is 120 Å². The van der Waals surface area contributed by atoms with Crippen molar-refractivity contribution in [2.45, 2.75) is 32.0 Å². The maximum absolute atomic E-state index is 12.1. The number of hydrogen-bond acceptors (Lipinski definition) is 4. The van der Waals surface area contributed by atoms with Crippen molar-refractivity contribution in [1.82, 2.24) is 4.31 Å². The molecule has 0 aliphatic carbocycles. The number of sulfonamides is 1. The fourth-order valence-electron chi connectivity index (χ4n) is 2.13. The van der Waals surface area contributed by atoms with E-state index in [1.165, 1.54) is 0 Å². The van der Waals surface area contributed by atoms with Crippen LogP contribution in [0.4, 0.5) is 13.2 Å². The van der Waals surface area contributed by atoms with Gasteiger partial charge in [0.05, 0.1) is 18.3 Å². The summed E-state index contributed by atoms with van der Waals surface area (Å²) in [6.45, 7) is -0.594. The Hall–Kier alpha value is -0.870. The van der Waals surface area contributed by atoms with Crippen molar-refractivity contribution in [1.29, 1.82) is 0 Å². The van der Waals surface area contributed by atoms with E-state index in [1.807, 2.05) is 0 Å². The zero-order chi connectivity index (χ0) is 16.3. The lowest BCUT2D eigenvalue weighted by Crippen LogP contribution is -2.48. The molecule has 1 N–H and O–H groups in total. The van der Waals surface area contributed by atoms with Gasteiger partial charge in [-0.2, -0.15) is 17.5 Å². The summed E-state index contributed by atoms with van der Waals surface area (Å²) in [7, 11) is -3.84. The van der Waals surface area contributed by atoms with E-state index in [9.17, 15) is 26.4 Å². The lowest BCUT2D eigenvalue weighted by atomic mass is 9.96. The molecule has 0 amide bonds. The molecule has 0 bridgehead atoms. The highest BCUT2D eigenvalue weighted by Crippen LogP contribution is 2.25. The second kappa shape index (κ2) is 6.93. The summed E-state index contributed by atoms with van der Waals surface area (Å²) in [5.41, 5.74) is 0. The molecular weight excluding hydrogens is 315 g/mol. The summed E-state index contributed by atoms with van der Waals surface area (Å²) < 4.78 is 65.1. The number of rotatable bonds is 6. The van der Waals surface area contributed by atoms with Gasteiger partial charge >= 0.3 is 12.1 Å². The Morgan fingerprint density at radius 2 is 2.00 bits per heavy atom. The molecule has 10 heteroatoms. The Balaban J connectivity index is 2.57. The molecule has 2 unspecified atom stereocenters. The Kier molecular flexibility index (Phi) is 6.00. The highest BCUT2D eigenvalue weighted by molar-refractivity contribution is 7.89. The molecule has 1 aliphatic rings. The van der Waals surface area contributed by atoms with E-state index in [1.54, 1.807) is 6.92 Å². The number of nitrogens with zero attached hydrogens (tertiary/aromatic N) is 1. The molecule has 0 aromatic carbocycles. The summed E-state index contributed by atoms with van der Waals surface area (Å²) >= 11 is 0. The van der Waals surface area contributed by atoms with Crippen molar-refractivity contribution >= 4 is 16.0 Å². The number of hydrogen-bond donors (Lipinski definition) is 1. The van der Waals surface area contributed by atoms with Gasteiger partial charge in [0.25, 0.3) is 0 Å². The minimum atomic E-state index is -4.50. The first-order chi connectivity index (χ1) is 9.53. The zero-order valence-corrected chi connectivity index (χ0v) is 12.3. The molecule has 1 saturated heterocycles. The van der Waals surface area contributed by atoms with Crippen LogP contribution in [0, 0.1) is 5.92 Å². The van der Waals surface area contributed by atoms with Crippen LogP contribution in [-0.2, 0) is 19.6 Å². The number of alkyl halides is 3. The minimum absolute atomic E-state index is 0.155. The van der Waals surface area contributed by atoms with Gasteiger partial charge < -0.3 is 9.84 Å². The third-order valence-corrected chi connectivity index (χ3v) is 5.19. The monoisotopic (exact) mass is 333 g/mol. The fourth-order valence-corrected chi connectivity index (χ4v) is 3.76. The Morgan fingerprint density at radius 1 is 1.38 bits per heavy atom. The number of piperidine rings is 1. The molecule has 124 valence electrons. The Bertz CT molecular complexity index is 465. The zero-order valence-electron chi connectivity index (χ0n) is 11.5. The van der Waals surface area contributed by atoms with Crippen LogP contribution in [0.25, 0.3) is 0 Å². The van der Waals surface area contributed by atoms with Gasteiger partial charge in [-0.05, 0) is 19.8 Å². The summed E-state index contributed by atoms with van der Waals surface area (Å²) in [6.07, 6.45) is -3.72. The van der Waals surface area contributed by atoms with Gasteiger partial charge in [-0.3, -0.25) is 4.79 Å². The molecular formula is C11H18F3NO5S. The molecule has 1 fully saturated rings. The summed E-state index contributed by atoms with van der Waals surface area (Å²) in [5.74, 6) is -2.46. The third kappa shape index (κ3) is 5.79. The summed E-state index contributed by atoms with van der Waals surface area (Å²) in [6, 6.07) is -0.367. The van der Waals surface area contributed by atoms with Crippen LogP contribution in [0.3, 0.4) is 0 Å². The van der Waals surface area contributed by atoms with Gasteiger partial charge in [-0.15, -0.1) is 0 Å². The maximum Gasteiger partial charge on any atom is 0.411 e. The molecule has 0 radical (unpaired) electrons. The molecule has 2 atom stereocenters. The first-order valence-corrected chi connectivity index (χ1v) is 8.00. The van der Waals surface area contributed by atoms with Crippen LogP contribution in [0.15, 0.2) is 0 Å². The van der Waals surface area contributed by atoms with Crippen LogP contribution in [0.1, 0.15) is 19.8 Å². The lowest BCUT2D eigenvalue weighted by molar-refractivity contribution is -0.172. The number of carboxylic acid groups (broad SMARTS) is 1. The van der Waals surface area contributed by atoms with Crippen molar-refractivity contribution in [3.05, 3.63) is 0 Å². The summed E-state index contributed by atoms with van der Waals surface area (Å²) in [5, 5.41) is 8.94. The molecule has 1 aliphatic heterocycles. The predicted molar refractivity (Wildman–Crippen MR) is 67.2 cm³/mol. The number of aliphatic carboxylic acids is 1. The first-order valence-electron chi connectivity index (χ1n) is 6.40. The average molecular weight is 333 g/mol. The molecule has 6 nitrogen and oxygen atoms in total. The van der Waals surface area contributed by atoms with Crippen molar-refractivity contribution < 1.29 is 36.2 Å². The minimum Gasteiger partial charge on any atom is -0.481 e. The number of carbonyl (C=O) groups is 1. The van der Waals surface area contributed by atoms with E-state index < -0.39 is 47.1 Å². The molecule has 0 saturated carbocycles. The topological polar surface area (TPSA) is 83.9 Å². The smallest absolute Gasteiger partial charge is 0.411 e. The quantitative estimate of drug-likeness (QED) is 0.736. The lowest BCUT2D eigenvalue weighted by Gasteiger charge is -2.35. The van der Waals surface area contributed by atoms with E-state index in [0.717, 1.165) is 4.31 Å². The SMILES string of the molecule is CC1CCC(C(=O)O)CN1S(=O)(=O)CCOCC(F)(F)F. The second-order valence-corrected chi connectivity index (χ2v) is 7.06. The van der Waals surface area contributed by atoms with Gasteiger partial charge in [0.2, 0.25) is 10.0 Å². The van der Waals surface area contributed by atoms with Crippen LogP contribution >= 0.6 is 0 Å². The standard InChI is InChI=1S/C11H18F3NO5S/c1-8-2-3-9(10(16)17)6-15(8)21(18,19)5-4-20-7-11(12,13)14/h8-9H,2-7H2,1H3,(H,16,17). The van der Waals surface area contributed by atoms with Gasteiger partial charge in [0.15, 0.2) is 0 Å². The van der Waals surface area contributed by atoms with Gasteiger partial charge in [0, 0.05) is 12.6 Å². The van der Waals surface area contributed by atoms with E-state index >= 15 is 0 Å². The van der Waals surface area contributed by atoms with Crippen molar-refractivity contribution in [3.8, 4) is 0 Å². The van der Waals surface area contributed by atoms with Crippen molar-refractivity contribution in [2.75, 3.05) is 25.5 Å². The van der Waals surface area contributed by atoms with Crippen molar-refractivity contribution in [2.24, 2.45) is 5.92 Å². The van der Waals surface area contributed by atoms with E-state index in [-0.39, 0.29) is 12.6 Å². The van der Waals surface area contributed by atoms with Crippen molar-refractivity contribution in [3.63, 3.8) is 0 Å². The highest BCUT2D eigenvalue weighted by Gasteiger charge is 2.36. The first kappa shape index (κ1) is 18.2. The average Bonchev–Trinajstić information content (AvgIpc) is 2.33. The molecule has 1 rings (SSSR count). The fraction of sp³-hybridized carbons (Fsp3) is 0.909. The normalized spacial score (nSPS) is 25.0. The van der Waals surface area contributed by atoms with Crippen LogP contribution < -0.4 is 0 Å².